The predicted molar refractivity (Wildman–Crippen MR) is 73.2 cm³/mol. The molecule has 1 aromatic rings. The Labute approximate surface area is 109 Å². The smallest absolute Gasteiger partial charge is 0.181 e. The van der Waals surface area contributed by atoms with Crippen LogP contribution in [0, 0.1) is 12.8 Å². The Bertz CT molecular complexity index is 498. The van der Waals surface area contributed by atoms with Crippen LogP contribution in [0.2, 0.25) is 0 Å². The number of aryl methyl sites for hydroxylation is 1. The third-order valence-electron chi connectivity index (χ3n) is 2.71. The van der Waals surface area contributed by atoms with Crippen LogP contribution >= 0.6 is 0 Å². The van der Waals surface area contributed by atoms with E-state index >= 15 is 0 Å². The highest BCUT2D eigenvalue weighted by molar-refractivity contribution is 7.91. The number of rotatable bonds is 5. The minimum absolute atomic E-state index is 0.0835. The number of hydrogen-bond donors (Lipinski definition) is 1. The van der Waals surface area contributed by atoms with E-state index in [4.69, 9.17) is 0 Å². The Morgan fingerprint density at radius 2 is 1.78 bits per heavy atom. The van der Waals surface area contributed by atoms with Crippen molar-refractivity contribution in [3.05, 3.63) is 42.0 Å². The molecule has 1 rings (SSSR count). The van der Waals surface area contributed by atoms with Crippen LogP contribution < -0.4 is 0 Å². The molecule has 0 aliphatic heterocycles. The molecule has 0 heterocycles. The van der Waals surface area contributed by atoms with Gasteiger partial charge in [-0.1, -0.05) is 43.7 Å². The molecule has 0 spiro atoms. The van der Waals surface area contributed by atoms with Crippen LogP contribution in [0.4, 0.5) is 0 Å². The summed E-state index contributed by atoms with van der Waals surface area (Å²) in [5.74, 6) is 0.00292. The largest absolute Gasteiger partial charge is 0.389 e. The van der Waals surface area contributed by atoms with Gasteiger partial charge in [0.25, 0.3) is 0 Å². The quantitative estimate of drug-likeness (QED) is 0.834. The van der Waals surface area contributed by atoms with Gasteiger partial charge in [0, 0.05) is 0 Å². The molecule has 1 unspecified atom stereocenters. The summed E-state index contributed by atoms with van der Waals surface area (Å²) in [5.41, 5.74) is 1.03. The van der Waals surface area contributed by atoms with Gasteiger partial charge in [-0.25, -0.2) is 8.42 Å². The van der Waals surface area contributed by atoms with Crippen LogP contribution in [-0.4, -0.2) is 25.4 Å². The Balaban J connectivity index is 2.74. The topological polar surface area (TPSA) is 54.4 Å². The molecule has 0 aliphatic carbocycles. The molecular weight excluding hydrogens is 248 g/mol. The fourth-order valence-corrected chi connectivity index (χ4v) is 2.49. The Hall–Kier alpha value is -1.13. The summed E-state index contributed by atoms with van der Waals surface area (Å²) in [5, 5.41) is 9.55. The van der Waals surface area contributed by atoms with Gasteiger partial charge in [-0.05, 0) is 25.0 Å². The Kier molecular flexibility index (Phi) is 5.11. The number of benzene rings is 1. The lowest BCUT2D eigenvalue weighted by atomic mass is 10.1. The molecule has 1 N–H and O–H groups in total. The van der Waals surface area contributed by atoms with E-state index in [0.717, 1.165) is 5.56 Å². The third kappa shape index (κ3) is 4.27. The van der Waals surface area contributed by atoms with E-state index in [-0.39, 0.29) is 11.7 Å². The van der Waals surface area contributed by atoms with E-state index < -0.39 is 15.9 Å². The summed E-state index contributed by atoms with van der Waals surface area (Å²) in [6.45, 7) is 5.67. The third-order valence-corrected chi connectivity index (χ3v) is 4.33. The molecule has 0 saturated carbocycles. The fourth-order valence-electron chi connectivity index (χ4n) is 1.39. The maximum absolute atomic E-state index is 12.0. The van der Waals surface area contributed by atoms with Crippen LogP contribution in [0.3, 0.4) is 0 Å². The predicted octanol–water partition coefficient (Wildman–Crippen LogP) is 2.34. The number of aliphatic hydroxyl groups is 1. The number of hydrogen-bond acceptors (Lipinski definition) is 3. The molecule has 0 saturated heterocycles. The molecule has 0 radical (unpaired) electrons. The molecule has 18 heavy (non-hydrogen) atoms. The Morgan fingerprint density at radius 3 is 2.28 bits per heavy atom. The zero-order chi connectivity index (χ0) is 13.8. The van der Waals surface area contributed by atoms with Gasteiger partial charge in [-0.2, -0.15) is 0 Å². The van der Waals surface area contributed by atoms with Crippen molar-refractivity contribution in [3.8, 4) is 0 Å². The van der Waals surface area contributed by atoms with E-state index in [0.29, 0.717) is 4.90 Å². The molecule has 1 atom stereocenters. The molecule has 4 heteroatoms. The van der Waals surface area contributed by atoms with Gasteiger partial charge in [0.05, 0.1) is 16.8 Å². The van der Waals surface area contributed by atoms with Crippen molar-refractivity contribution < 1.29 is 13.5 Å². The highest BCUT2D eigenvalue weighted by atomic mass is 32.2. The van der Waals surface area contributed by atoms with E-state index in [1.165, 1.54) is 12.2 Å². The molecule has 100 valence electrons. The fraction of sp³-hybridized carbons (Fsp3) is 0.429. The van der Waals surface area contributed by atoms with Gasteiger partial charge in [0.15, 0.2) is 9.84 Å². The summed E-state index contributed by atoms with van der Waals surface area (Å²) < 4.78 is 23.9. The van der Waals surface area contributed by atoms with Gasteiger partial charge >= 0.3 is 0 Å². The number of sulfone groups is 1. The minimum Gasteiger partial charge on any atom is -0.389 e. The van der Waals surface area contributed by atoms with Crippen LogP contribution in [0.5, 0.6) is 0 Å². The van der Waals surface area contributed by atoms with Crippen molar-refractivity contribution in [3.63, 3.8) is 0 Å². The monoisotopic (exact) mass is 268 g/mol. The van der Waals surface area contributed by atoms with Crippen LogP contribution in [0.25, 0.3) is 0 Å². The second kappa shape index (κ2) is 6.16. The van der Waals surface area contributed by atoms with Crippen molar-refractivity contribution >= 4 is 9.84 Å². The first-order valence-electron chi connectivity index (χ1n) is 5.97. The zero-order valence-electron chi connectivity index (χ0n) is 11.0. The maximum atomic E-state index is 12.0. The van der Waals surface area contributed by atoms with Gasteiger partial charge in [0.1, 0.15) is 0 Å². The van der Waals surface area contributed by atoms with E-state index in [1.807, 2.05) is 20.8 Å². The van der Waals surface area contributed by atoms with E-state index in [9.17, 15) is 13.5 Å². The van der Waals surface area contributed by atoms with Crippen LogP contribution in [-0.2, 0) is 9.84 Å². The first kappa shape index (κ1) is 14.9. The molecule has 1 aromatic carbocycles. The molecule has 3 nitrogen and oxygen atoms in total. The SMILES string of the molecule is Cc1ccc(S(=O)(=O)C/C=C\C(O)C(C)C)cc1. The zero-order valence-corrected chi connectivity index (χ0v) is 11.8. The summed E-state index contributed by atoms with van der Waals surface area (Å²) in [6, 6.07) is 6.77. The van der Waals surface area contributed by atoms with Crippen molar-refractivity contribution in [2.45, 2.75) is 31.8 Å². The molecular formula is C14H20O3S. The average Bonchev–Trinajstić information content (AvgIpc) is 2.29. The van der Waals surface area contributed by atoms with Crippen LogP contribution in [0.1, 0.15) is 19.4 Å². The summed E-state index contributed by atoms with van der Waals surface area (Å²) in [7, 11) is -3.30. The molecule has 0 fully saturated rings. The first-order chi connectivity index (χ1) is 8.33. The standard InChI is InChI=1S/C14H20O3S/c1-11(2)14(15)5-4-10-18(16,17)13-8-6-12(3)7-9-13/h4-9,11,14-15H,10H2,1-3H3/b5-4-. The van der Waals surface area contributed by atoms with E-state index in [1.54, 1.807) is 24.3 Å². The van der Waals surface area contributed by atoms with Gasteiger partial charge in [-0.15, -0.1) is 0 Å². The van der Waals surface area contributed by atoms with Crippen molar-refractivity contribution in [2.24, 2.45) is 5.92 Å². The second-order valence-electron chi connectivity index (χ2n) is 4.76. The van der Waals surface area contributed by atoms with E-state index in [2.05, 4.69) is 0 Å². The lowest BCUT2D eigenvalue weighted by molar-refractivity contribution is 0.172. The van der Waals surface area contributed by atoms with Crippen molar-refractivity contribution in [1.29, 1.82) is 0 Å². The highest BCUT2D eigenvalue weighted by Crippen LogP contribution is 2.12. The van der Waals surface area contributed by atoms with Crippen molar-refractivity contribution in [1.82, 2.24) is 0 Å². The molecule has 0 amide bonds. The van der Waals surface area contributed by atoms with Gasteiger partial charge in [-0.3, -0.25) is 0 Å². The molecule has 0 bridgehead atoms. The maximum Gasteiger partial charge on any atom is 0.181 e. The van der Waals surface area contributed by atoms with Crippen LogP contribution in [0.15, 0.2) is 41.3 Å². The summed E-state index contributed by atoms with van der Waals surface area (Å²) in [4.78, 5) is 0.316. The lowest BCUT2D eigenvalue weighted by Gasteiger charge is -2.08. The molecule has 0 aliphatic rings. The minimum atomic E-state index is -3.30. The highest BCUT2D eigenvalue weighted by Gasteiger charge is 2.12. The van der Waals surface area contributed by atoms with Gasteiger partial charge < -0.3 is 5.11 Å². The average molecular weight is 268 g/mol. The lowest BCUT2D eigenvalue weighted by Crippen LogP contribution is -2.12. The second-order valence-corrected chi connectivity index (χ2v) is 6.79. The summed E-state index contributed by atoms with van der Waals surface area (Å²) in [6.07, 6.45) is 2.45. The molecule has 0 aromatic heterocycles. The Morgan fingerprint density at radius 1 is 1.22 bits per heavy atom. The van der Waals surface area contributed by atoms with Crippen molar-refractivity contribution in [2.75, 3.05) is 5.75 Å². The normalized spacial score (nSPS) is 14.3. The van der Waals surface area contributed by atoms with Gasteiger partial charge in [0.2, 0.25) is 0 Å². The summed E-state index contributed by atoms with van der Waals surface area (Å²) >= 11 is 0. The number of aliphatic hydroxyl groups excluding tert-OH is 1. The first-order valence-corrected chi connectivity index (χ1v) is 7.62.